The molecule has 0 amide bonds. The van der Waals surface area contributed by atoms with E-state index in [0.29, 0.717) is 11.3 Å². The SMILES string of the molecule is O=Cc1sc(C=O)c(C(=O)O)c1C(=O)O. The maximum absolute atomic E-state index is 10.7. The summed E-state index contributed by atoms with van der Waals surface area (Å²) in [5.74, 6) is -3.09. The third-order valence-corrected chi connectivity index (χ3v) is 2.65. The lowest BCUT2D eigenvalue weighted by atomic mass is 10.1. The van der Waals surface area contributed by atoms with E-state index < -0.39 is 23.1 Å². The van der Waals surface area contributed by atoms with Crippen LogP contribution >= 0.6 is 11.3 Å². The normalized spacial score (nSPS) is 9.60. The molecule has 1 aromatic rings. The molecule has 0 aromatic carbocycles. The second-order valence-corrected chi connectivity index (χ2v) is 3.51. The molecule has 0 aliphatic heterocycles. The molecule has 7 heteroatoms. The number of carbonyl (C=O) groups is 4. The number of aldehydes is 2. The van der Waals surface area contributed by atoms with Crippen LogP contribution in [-0.2, 0) is 0 Å². The van der Waals surface area contributed by atoms with Gasteiger partial charge in [0.05, 0.1) is 20.9 Å². The highest BCUT2D eigenvalue weighted by Crippen LogP contribution is 2.26. The van der Waals surface area contributed by atoms with Gasteiger partial charge in [-0.05, 0) is 0 Å². The van der Waals surface area contributed by atoms with E-state index in [9.17, 15) is 19.2 Å². The minimum absolute atomic E-state index is 0.216. The van der Waals surface area contributed by atoms with Crippen LogP contribution in [0.5, 0.6) is 0 Å². The summed E-state index contributed by atoms with van der Waals surface area (Å²) >= 11 is 0.545. The van der Waals surface area contributed by atoms with Crippen LogP contribution in [-0.4, -0.2) is 34.7 Å². The number of rotatable bonds is 4. The molecule has 1 heterocycles. The Labute approximate surface area is 86.8 Å². The van der Waals surface area contributed by atoms with Crippen LogP contribution in [0.3, 0.4) is 0 Å². The monoisotopic (exact) mass is 228 g/mol. The predicted octanol–water partition coefficient (Wildman–Crippen LogP) is 0.770. The number of carboxylic acids is 2. The van der Waals surface area contributed by atoms with Gasteiger partial charge >= 0.3 is 11.9 Å². The van der Waals surface area contributed by atoms with E-state index in [1.54, 1.807) is 0 Å². The summed E-state index contributed by atoms with van der Waals surface area (Å²) in [5, 5.41) is 17.4. The molecule has 0 bridgehead atoms. The highest BCUT2D eigenvalue weighted by Gasteiger charge is 2.27. The standard InChI is InChI=1S/C8H4O6S/c9-1-3-5(7(11)12)6(8(13)14)4(2-10)15-3/h1-2H,(H,11,12)(H,13,14). The molecule has 0 saturated carbocycles. The van der Waals surface area contributed by atoms with E-state index in [2.05, 4.69) is 0 Å². The van der Waals surface area contributed by atoms with Gasteiger partial charge in [0, 0.05) is 0 Å². The Hall–Kier alpha value is -2.02. The fourth-order valence-corrected chi connectivity index (χ4v) is 1.97. The maximum atomic E-state index is 10.7. The molecule has 0 radical (unpaired) electrons. The summed E-state index contributed by atoms with van der Waals surface area (Å²) in [6, 6.07) is 0. The molecule has 0 fully saturated rings. The van der Waals surface area contributed by atoms with E-state index in [1.165, 1.54) is 0 Å². The largest absolute Gasteiger partial charge is 0.478 e. The number of hydrogen-bond donors (Lipinski definition) is 2. The van der Waals surface area contributed by atoms with Gasteiger partial charge in [0.15, 0.2) is 12.6 Å². The molecule has 0 saturated heterocycles. The van der Waals surface area contributed by atoms with Gasteiger partial charge in [0.25, 0.3) is 0 Å². The van der Waals surface area contributed by atoms with Crippen molar-refractivity contribution in [3.05, 3.63) is 20.9 Å². The van der Waals surface area contributed by atoms with Gasteiger partial charge in [0.1, 0.15) is 0 Å². The van der Waals surface area contributed by atoms with Crippen molar-refractivity contribution in [3.63, 3.8) is 0 Å². The Kier molecular flexibility index (Phi) is 2.96. The van der Waals surface area contributed by atoms with Crippen LogP contribution in [0.25, 0.3) is 0 Å². The van der Waals surface area contributed by atoms with Gasteiger partial charge < -0.3 is 10.2 Å². The number of hydrogen-bond acceptors (Lipinski definition) is 5. The van der Waals surface area contributed by atoms with Crippen molar-refractivity contribution in [2.75, 3.05) is 0 Å². The fraction of sp³-hybridized carbons (Fsp3) is 0. The Morgan fingerprint density at radius 2 is 1.27 bits per heavy atom. The van der Waals surface area contributed by atoms with Gasteiger partial charge in [0.2, 0.25) is 0 Å². The quantitative estimate of drug-likeness (QED) is 0.736. The maximum Gasteiger partial charge on any atom is 0.338 e. The molecule has 6 nitrogen and oxygen atoms in total. The Bertz CT molecular complexity index is 417. The second-order valence-electron chi connectivity index (χ2n) is 2.43. The number of thiophene rings is 1. The van der Waals surface area contributed by atoms with Gasteiger partial charge in [-0.15, -0.1) is 11.3 Å². The van der Waals surface area contributed by atoms with Gasteiger partial charge in [-0.25, -0.2) is 9.59 Å². The molecule has 0 aliphatic carbocycles. The average Bonchev–Trinajstić information content (AvgIpc) is 2.55. The van der Waals surface area contributed by atoms with Crippen LogP contribution in [0.4, 0.5) is 0 Å². The zero-order valence-electron chi connectivity index (χ0n) is 7.09. The molecule has 1 rings (SSSR count). The number of carbonyl (C=O) groups excluding carboxylic acids is 2. The summed E-state index contributed by atoms with van der Waals surface area (Å²) < 4.78 is 0. The van der Waals surface area contributed by atoms with Crippen molar-refractivity contribution in [1.29, 1.82) is 0 Å². The average molecular weight is 228 g/mol. The summed E-state index contributed by atoms with van der Waals surface area (Å²) in [6.07, 6.45) is 0.432. The van der Waals surface area contributed by atoms with Crippen LogP contribution in [0, 0.1) is 0 Å². The first-order valence-corrected chi connectivity index (χ1v) is 4.38. The van der Waals surface area contributed by atoms with Crippen molar-refractivity contribution in [1.82, 2.24) is 0 Å². The Morgan fingerprint density at radius 1 is 0.933 bits per heavy atom. The predicted molar refractivity (Wildman–Crippen MR) is 49.0 cm³/mol. The molecule has 0 aliphatic rings. The van der Waals surface area contributed by atoms with E-state index >= 15 is 0 Å². The summed E-state index contributed by atoms with van der Waals surface area (Å²) in [4.78, 5) is 41.8. The second kappa shape index (κ2) is 4.01. The molecule has 1 aromatic heterocycles. The molecule has 15 heavy (non-hydrogen) atoms. The van der Waals surface area contributed by atoms with Gasteiger partial charge in [-0.3, -0.25) is 9.59 Å². The van der Waals surface area contributed by atoms with Crippen molar-refractivity contribution in [2.24, 2.45) is 0 Å². The van der Waals surface area contributed by atoms with Crippen molar-refractivity contribution < 1.29 is 29.4 Å². The highest BCUT2D eigenvalue weighted by atomic mass is 32.1. The van der Waals surface area contributed by atoms with Crippen LogP contribution in [0.2, 0.25) is 0 Å². The van der Waals surface area contributed by atoms with Crippen LogP contribution < -0.4 is 0 Å². The zero-order chi connectivity index (χ0) is 11.6. The Balaban J connectivity index is 3.62. The van der Waals surface area contributed by atoms with Crippen LogP contribution in [0.1, 0.15) is 40.1 Å². The third-order valence-electron chi connectivity index (χ3n) is 1.60. The molecule has 0 atom stereocenters. The zero-order valence-corrected chi connectivity index (χ0v) is 7.91. The lowest BCUT2D eigenvalue weighted by molar-refractivity contribution is 0.0650. The van der Waals surface area contributed by atoms with E-state index in [4.69, 9.17) is 10.2 Å². The van der Waals surface area contributed by atoms with Gasteiger partial charge in [-0.1, -0.05) is 0 Å². The number of carboxylic acid groups (broad SMARTS) is 2. The van der Waals surface area contributed by atoms with E-state index in [1.807, 2.05) is 0 Å². The Morgan fingerprint density at radius 3 is 1.47 bits per heavy atom. The molecule has 0 spiro atoms. The molecular formula is C8H4O6S. The molecular weight excluding hydrogens is 224 g/mol. The first kappa shape index (κ1) is 11.1. The molecule has 2 N–H and O–H groups in total. The van der Waals surface area contributed by atoms with Crippen molar-refractivity contribution in [3.8, 4) is 0 Å². The van der Waals surface area contributed by atoms with E-state index in [0.717, 1.165) is 0 Å². The summed E-state index contributed by atoms with van der Waals surface area (Å²) in [7, 11) is 0. The first-order valence-electron chi connectivity index (χ1n) is 3.56. The third kappa shape index (κ3) is 1.77. The van der Waals surface area contributed by atoms with Gasteiger partial charge in [-0.2, -0.15) is 0 Å². The molecule has 78 valence electrons. The number of aromatic carboxylic acids is 2. The lowest BCUT2D eigenvalue weighted by Gasteiger charge is -1.94. The van der Waals surface area contributed by atoms with Crippen molar-refractivity contribution in [2.45, 2.75) is 0 Å². The minimum atomic E-state index is -1.54. The van der Waals surface area contributed by atoms with Crippen LogP contribution in [0.15, 0.2) is 0 Å². The highest BCUT2D eigenvalue weighted by molar-refractivity contribution is 7.16. The van der Waals surface area contributed by atoms with Crippen molar-refractivity contribution >= 4 is 35.8 Å². The summed E-state index contributed by atoms with van der Waals surface area (Å²) in [5.41, 5.74) is -1.27. The topological polar surface area (TPSA) is 109 Å². The minimum Gasteiger partial charge on any atom is -0.478 e. The fourth-order valence-electron chi connectivity index (χ4n) is 1.06. The summed E-state index contributed by atoms with van der Waals surface area (Å²) in [6.45, 7) is 0. The molecule has 0 unspecified atom stereocenters. The van der Waals surface area contributed by atoms with E-state index in [-0.39, 0.29) is 22.3 Å². The first-order chi connectivity index (χ1) is 7.02. The smallest absolute Gasteiger partial charge is 0.338 e. The lowest BCUT2D eigenvalue weighted by Crippen LogP contribution is -2.08.